The van der Waals surface area contributed by atoms with E-state index in [1.54, 1.807) is 0 Å². The predicted molar refractivity (Wildman–Crippen MR) is 69.4 cm³/mol. The Morgan fingerprint density at radius 1 is 1.06 bits per heavy atom. The van der Waals surface area contributed by atoms with E-state index >= 15 is 0 Å². The molecule has 0 unspecified atom stereocenters. The zero-order chi connectivity index (χ0) is 12.5. The molecule has 0 saturated carbocycles. The molecular weight excluding hydrogens is 228 g/mol. The number of hydrogen-bond acceptors (Lipinski definition) is 3. The fourth-order valence-electron chi connectivity index (χ4n) is 3.44. The molecule has 0 aromatic rings. The highest BCUT2D eigenvalue weighted by Crippen LogP contribution is 2.30. The zero-order valence-corrected chi connectivity index (χ0v) is 11.3. The number of piperidine rings is 4. The maximum atomic E-state index is 12.1. The predicted octanol–water partition coefficient (Wildman–Crippen LogP) is 1.95. The van der Waals surface area contributed by atoms with Crippen molar-refractivity contribution in [3.8, 4) is 0 Å². The van der Waals surface area contributed by atoms with Crippen LogP contribution in [0, 0.1) is 11.8 Å². The van der Waals surface area contributed by atoms with Gasteiger partial charge in [0.2, 0.25) is 0 Å². The van der Waals surface area contributed by atoms with Gasteiger partial charge in [-0.1, -0.05) is 6.92 Å². The Labute approximate surface area is 109 Å². The number of fused-ring (bicyclic) bond motifs is 3. The van der Waals surface area contributed by atoms with Crippen LogP contribution in [-0.4, -0.2) is 54.7 Å². The molecule has 102 valence electrons. The lowest BCUT2D eigenvalue weighted by atomic mass is 9.86. The van der Waals surface area contributed by atoms with Gasteiger partial charge in [-0.25, -0.2) is 4.79 Å². The number of ether oxygens (including phenoxy) is 1. The first kappa shape index (κ1) is 12.3. The van der Waals surface area contributed by atoms with Crippen LogP contribution >= 0.6 is 0 Å². The summed E-state index contributed by atoms with van der Waals surface area (Å²) in [5, 5.41) is 0. The van der Waals surface area contributed by atoms with E-state index in [1.807, 2.05) is 4.90 Å². The molecule has 0 aromatic carbocycles. The molecule has 4 aliphatic heterocycles. The second-order valence-corrected chi connectivity index (χ2v) is 6.23. The minimum Gasteiger partial charge on any atom is -0.444 e. The molecule has 4 saturated heterocycles. The van der Waals surface area contributed by atoms with E-state index in [4.69, 9.17) is 4.74 Å². The number of carbonyl (C=O) groups is 1. The van der Waals surface area contributed by atoms with E-state index in [0.29, 0.717) is 5.92 Å². The summed E-state index contributed by atoms with van der Waals surface area (Å²) in [6.07, 6.45) is 4.73. The number of hydrogen-bond donors (Lipinski definition) is 0. The Morgan fingerprint density at radius 2 is 1.72 bits per heavy atom. The minimum atomic E-state index is -0.0688. The lowest BCUT2D eigenvalue weighted by molar-refractivity contribution is -0.0455. The van der Waals surface area contributed by atoms with Gasteiger partial charge in [0, 0.05) is 19.6 Å². The first-order valence-corrected chi connectivity index (χ1v) is 7.40. The van der Waals surface area contributed by atoms with E-state index < -0.39 is 0 Å². The van der Waals surface area contributed by atoms with Crippen molar-refractivity contribution in [2.45, 2.75) is 38.7 Å². The molecule has 0 spiro atoms. The van der Waals surface area contributed by atoms with Gasteiger partial charge >= 0.3 is 6.09 Å². The molecule has 1 atom stereocenters. The van der Waals surface area contributed by atoms with E-state index in [2.05, 4.69) is 11.8 Å². The topological polar surface area (TPSA) is 32.8 Å². The van der Waals surface area contributed by atoms with Gasteiger partial charge in [0.1, 0.15) is 6.10 Å². The van der Waals surface area contributed by atoms with Crippen molar-refractivity contribution in [2.24, 2.45) is 11.8 Å². The Morgan fingerprint density at radius 3 is 2.28 bits per heavy atom. The number of carbonyl (C=O) groups excluding carboxylic acids is 1. The average molecular weight is 252 g/mol. The summed E-state index contributed by atoms with van der Waals surface area (Å²) in [7, 11) is 0. The highest BCUT2D eigenvalue weighted by atomic mass is 16.6. The van der Waals surface area contributed by atoms with E-state index in [1.165, 1.54) is 25.9 Å². The lowest BCUT2D eigenvalue weighted by Gasteiger charge is -2.44. The molecule has 4 aliphatic rings. The van der Waals surface area contributed by atoms with Crippen LogP contribution in [-0.2, 0) is 4.74 Å². The minimum absolute atomic E-state index is 0.0688. The summed E-state index contributed by atoms with van der Waals surface area (Å²) in [5.41, 5.74) is 0. The number of likely N-dealkylation sites (tertiary alicyclic amines) is 1. The third kappa shape index (κ3) is 2.48. The molecule has 0 radical (unpaired) electrons. The van der Waals surface area contributed by atoms with Gasteiger partial charge in [0.15, 0.2) is 0 Å². The van der Waals surface area contributed by atoms with Gasteiger partial charge in [-0.3, -0.25) is 4.90 Å². The first-order valence-electron chi connectivity index (χ1n) is 7.40. The highest BCUT2D eigenvalue weighted by molar-refractivity contribution is 5.68. The molecule has 4 rings (SSSR count). The van der Waals surface area contributed by atoms with Gasteiger partial charge in [-0.15, -0.1) is 0 Å². The molecule has 0 aromatic heterocycles. The molecule has 4 nitrogen and oxygen atoms in total. The Bertz CT molecular complexity index is 305. The molecular formula is C14H24N2O2. The van der Waals surface area contributed by atoms with Crippen molar-refractivity contribution in [1.82, 2.24) is 9.80 Å². The Balaban J connectivity index is 1.52. The third-order valence-electron chi connectivity index (χ3n) is 4.89. The van der Waals surface area contributed by atoms with Crippen LogP contribution in [0.15, 0.2) is 0 Å². The molecule has 4 heterocycles. The van der Waals surface area contributed by atoms with Crippen molar-refractivity contribution >= 4 is 6.09 Å². The summed E-state index contributed by atoms with van der Waals surface area (Å²) in [5.74, 6) is 1.37. The second-order valence-electron chi connectivity index (χ2n) is 6.23. The zero-order valence-electron chi connectivity index (χ0n) is 11.3. The molecule has 0 N–H and O–H groups in total. The summed E-state index contributed by atoms with van der Waals surface area (Å²) < 4.78 is 5.75. The van der Waals surface area contributed by atoms with Gasteiger partial charge in [0.25, 0.3) is 0 Å². The van der Waals surface area contributed by atoms with Crippen LogP contribution in [0.2, 0.25) is 0 Å². The first-order chi connectivity index (χ1) is 8.72. The van der Waals surface area contributed by atoms with Crippen LogP contribution in [0.1, 0.15) is 32.6 Å². The quantitative estimate of drug-likeness (QED) is 0.715. The van der Waals surface area contributed by atoms with Gasteiger partial charge < -0.3 is 9.64 Å². The fraction of sp³-hybridized carbons (Fsp3) is 0.929. The molecule has 0 aliphatic carbocycles. The third-order valence-corrected chi connectivity index (χ3v) is 4.89. The fourth-order valence-corrected chi connectivity index (χ4v) is 3.44. The van der Waals surface area contributed by atoms with Crippen molar-refractivity contribution < 1.29 is 9.53 Å². The molecule has 1 amide bonds. The molecule has 18 heavy (non-hydrogen) atoms. The van der Waals surface area contributed by atoms with Crippen LogP contribution in [0.25, 0.3) is 0 Å². The van der Waals surface area contributed by atoms with Gasteiger partial charge in [-0.05, 0) is 50.6 Å². The van der Waals surface area contributed by atoms with Crippen LogP contribution < -0.4 is 0 Å². The normalized spacial score (nSPS) is 36.7. The number of nitrogens with zero attached hydrogens (tertiary/aromatic N) is 2. The highest BCUT2D eigenvalue weighted by Gasteiger charge is 2.37. The summed E-state index contributed by atoms with van der Waals surface area (Å²) in [4.78, 5) is 16.5. The summed E-state index contributed by atoms with van der Waals surface area (Å²) in [6.45, 7) is 7.36. The largest absolute Gasteiger partial charge is 0.444 e. The standard InChI is InChI=1S/C14H24N2O2/c1-11-2-8-16(9-3-11)14(17)18-13-10-15-6-4-12(13)5-7-15/h11-13H,2-10H2,1H3/t13-/m0/s1. The maximum Gasteiger partial charge on any atom is 0.410 e. The maximum absolute atomic E-state index is 12.1. The SMILES string of the molecule is CC1CCN(C(=O)O[C@H]2CN3CCC2CC3)CC1. The number of amides is 1. The molecule has 4 fully saturated rings. The van der Waals surface area contributed by atoms with Crippen LogP contribution in [0.5, 0.6) is 0 Å². The summed E-state index contributed by atoms with van der Waals surface area (Å²) in [6, 6.07) is 0. The Hall–Kier alpha value is -0.770. The second kappa shape index (κ2) is 5.08. The molecule has 4 heteroatoms. The van der Waals surface area contributed by atoms with Crippen molar-refractivity contribution in [1.29, 1.82) is 0 Å². The molecule has 2 bridgehead atoms. The smallest absolute Gasteiger partial charge is 0.410 e. The van der Waals surface area contributed by atoms with E-state index in [-0.39, 0.29) is 12.2 Å². The van der Waals surface area contributed by atoms with E-state index in [9.17, 15) is 4.79 Å². The van der Waals surface area contributed by atoms with Gasteiger partial charge in [-0.2, -0.15) is 0 Å². The van der Waals surface area contributed by atoms with Crippen molar-refractivity contribution in [3.05, 3.63) is 0 Å². The van der Waals surface area contributed by atoms with E-state index in [0.717, 1.165) is 38.4 Å². The van der Waals surface area contributed by atoms with Crippen molar-refractivity contribution in [3.63, 3.8) is 0 Å². The van der Waals surface area contributed by atoms with Crippen molar-refractivity contribution in [2.75, 3.05) is 32.7 Å². The van der Waals surface area contributed by atoms with Gasteiger partial charge in [0.05, 0.1) is 0 Å². The number of rotatable bonds is 1. The Kier molecular flexibility index (Phi) is 3.46. The van der Waals surface area contributed by atoms with Crippen LogP contribution in [0.3, 0.4) is 0 Å². The summed E-state index contributed by atoms with van der Waals surface area (Å²) >= 11 is 0. The average Bonchev–Trinajstić information content (AvgIpc) is 2.41. The van der Waals surface area contributed by atoms with Crippen LogP contribution in [0.4, 0.5) is 4.79 Å². The lowest BCUT2D eigenvalue weighted by Crippen LogP contribution is -2.53. The monoisotopic (exact) mass is 252 g/mol.